The van der Waals surface area contributed by atoms with E-state index in [9.17, 15) is 9.59 Å². The number of amides is 2. The molecule has 4 rings (SSSR count). The molecule has 0 unspecified atom stereocenters. The lowest BCUT2D eigenvalue weighted by Gasteiger charge is -2.33. The highest BCUT2D eigenvalue weighted by Gasteiger charge is 2.28. The molecule has 30 heavy (non-hydrogen) atoms. The Hall–Kier alpha value is -3.32. The van der Waals surface area contributed by atoms with Crippen molar-refractivity contribution >= 4 is 22.7 Å². The molecule has 3 heterocycles. The number of carbonyl (C=O) groups excluding carboxylic acids is 2. The summed E-state index contributed by atoms with van der Waals surface area (Å²) in [5.74, 6) is -0.213. The fourth-order valence-electron chi connectivity index (χ4n) is 3.58. The minimum atomic E-state index is -0.403. The highest BCUT2D eigenvalue weighted by molar-refractivity contribution is 6.06. The summed E-state index contributed by atoms with van der Waals surface area (Å²) >= 11 is 0. The quantitative estimate of drug-likeness (QED) is 0.723. The number of pyridine rings is 2. The Balaban J connectivity index is 1.65. The molecular formula is C23H24N4O3. The summed E-state index contributed by atoms with van der Waals surface area (Å²) in [7, 11) is 0. The predicted octanol–water partition coefficient (Wildman–Crippen LogP) is 2.98. The molecule has 1 N–H and O–H groups in total. The predicted molar refractivity (Wildman–Crippen MR) is 113 cm³/mol. The second-order valence-corrected chi connectivity index (χ2v) is 7.59. The average Bonchev–Trinajstić information content (AvgIpc) is 2.78. The lowest BCUT2D eigenvalue weighted by molar-refractivity contribution is -0.0246. The molecule has 1 atom stereocenters. The molecule has 0 radical (unpaired) electrons. The monoisotopic (exact) mass is 404 g/mol. The first-order valence-corrected chi connectivity index (χ1v) is 10.0. The topological polar surface area (TPSA) is 84.4 Å². The normalized spacial score (nSPS) is 16.6. The van der Waals surface area contributed by atoms with Crippen LogP contribution in [0.3, 0.4) is 0 Å². The zero-order valence-corrected chi connectivity index (χ0v) is 17.0. The molecule has 0 saturated carbocycles. The van der Waals surface area contributed by atoms with Gasteiger partial charge >= 0.3 is 0 Å². The summed E-state index contributed by atoms with van der Waals surface area (Å²) in [5, 5.41) is 3.74. The van der Waals surface area contributed by atoms with Crippen LogP contribution in [0.15, 0.2) is 54.9 Å². The second-order valence-electron chi connectivity index (χ2n) is 7.59. The van der Waals surface area contributed by atoms with Crippen LogP contribution < -0.4 is 5.32 Å². The van der Waals surface area contributed by atoms with Crippen LogP contribution in [0, 0.1) is 0 Å². The Kier molecular flexibility index (Phi) is 5.72. The molecule has 1 fully saturated rings. The van der Waals surface area contributed by atoms with Gasteiger partial charge in [-0.2, -0.15) is 0 Å². The zero-order valence-electron chi connectivity index (χ0n) is 17.0. The zero-order chi connectivity index (χ0) is 21.1. The molecule has 0 aliphatic carbocycles. The standard InChI is InChI=1S/C23H24N4O3/c1-15(2)25-22(28)18-13-20(26-19-6-4-3-5-17(18)19)21-14-27(11-12-30-21)23(29)16-7-9-24-10-8-16/h3-10,13,15,21H,11-12,14H2,1-2H3,(H,25,28)/t21-/m0/s1. The maximum atomic E-state index is 12.8. The van der Waals surface area contributed by atoms with Gasteiger partial charge in [0.25, 0.3) is 11.8 Å². The van der Waals surface area contributed by atoms with Crippen LogP contribution in [0.4, 0.5) is 0 Å². The third-order valence-electron chi connectivity index (χ3n) is 5.01. The van der Waals surface area contributed by atoms with E-state index < -0.39 is 6.10 Å². The van der Waals surface area contributed by atoms with Crippen molar-refractivity contribution in [3.05, 3.63) is 71.7 Å². The number of hydrogen-bond donors (Lipinski definition) is 1. The van der Waals surface area contributed by atoms with E-state index in [0.717, 1.165) is 10.9 Å². The number of hydrogen-bond acceptors (Lipinski definition) is 5. The smallest absolute Gasteiger partial charge is 0.254 e. The fourth-order valence-corrected chi connectivity index (χ4v) is 3.58. The van der Waals surface area contributed by atoms with Gasteiger partial charge in [0.2, 0.25) is 0 Å². The molecule has 1 saturated heterocycles. The molecule has 1 aliphatic heterocycles. The Morgan fingerprint density at radius 1 is 1.17 bits per heavy atom. The Morgan fingerprint density at radius 3 is 2.70 bits per heavy atom. The maximum Gasteiger partial charge on any atom is 0.254 e. The Labute approximate surface area is 175 Å². The number of morpholine rings is 1. The minimum Gasteiger partial charge on any atom is -0.368 e. The lowest BCUT2D eigenvalue weighted by atomic mass is 10.0. The summed E-state index contributed by atoms with van der Waals surface area (Å²) < 4.78 is 5.94. The van der Waals surface area contributed by atoms with Gasteiger partial charge in [-0.15, -0.1) is 0 Å². The van der Waals surface area contributed by atoms with Crippen LogP contribution in [0.5, 0.6) is 0 Å². The van der Waals surface area contributed by atoms with Crippen molar-refractivity contribution in [2.75, 3.05) is 19.7 Å². The van der Waals surface area contributed by atoms with Crippen molar-refractivity contribution in [2.45, 2.75) is 26.0 Å². The highest BCUT2D eigenvalue weighted by Crippen LogP contribution is 2.27. The van der Waals surface area contributed by atoms with Gasteiger partial charge in [-0.3, -0.25) is 14.6 Å². The van der Waals surface area contributed by atoms with Crippen molar-refractivity contribution < 1.29 is 14.3 Å². The minimum absolute atomic E-state index is 0.0206. The van der Waals surface area contributed by atoms with E-state index >= 15 is 0 Å². The van der Waals surface area contributed by atoms with Crippen molar-refractivity contribution in [2.24, 2.45) is 0 Å². The van der Waals surface area contributed by atoms with Crippen molar-refractivity contribution in [1.82, 2.24) is 20.2 Å². The summed E-state index contributed by atoms with van der Waals surface area (Å²) in [4.78, 5) is 36.1. The number of carbonyl (C=O) groups is 2. The van der Waals surface area contributed by atoms with Crippen molar-refractivity contribution in [3.8, 4) is 0 Å². The van der Waals surface area contributed by atoms with Crippen LogP contribution in [-0.2, 0) is 4.74 Å². The van der Waals surface area contributed by atoms with Crippen LogP contribution in [-0.4, -0.2) is 52.4 Å². The molecule has 1 aliphatic rings. The molecule has 7 nitrogen and oxygen atoms in total. The maximum absolute atomic E-state index is 12.8. The molecule has 154 valence electrons. The van der Waals surface area contributed by atoms with Gasteiger partial charge in [0, 0.05) is 35.9 Å². The second kappa shape index (κ2) is 8.59. The van der Waals surface area contributed by atoms with Crippen LogP contribution in [0.2, 0.25) is 0 Å². The van der Waals surface area contributed by atoms with E-state index in [0.29, 0.717) is 36.5 Å². The van der Waals surface area contributed by atoms with Gasteiger partial charge < -0.3 is 15.0 Å². The number of fused-ring (bicyclic) bond motifs is 1. The molecule has 2 amide bonds. The summed E-state index contributed by atoms with van der Waals surface area (Å²) in [6.45, 7) is 5.14. The first-order chi connectivity index (χ1) is 14.5. The molecule has 2 aromatic heterocycles. The number of rotatable bonds is 4. The van der Waals surface area contributed by atoms with Crippen molar-refractivity contribution in [3.63, 3.8) is 0 Å². The van der Waals surface area contributed by atoms with E-state index in [1.807, 2.05) is 38.1 Å². The van der Waals surface area contributed by atoms with Gasteiger partial charge in [-0.1, -0.05) is 18.2 Å². The molecule has 7 heteroatoms. The van der Waals surface area contributed by atoms with E-state index in [2.05, 4.69) is 10.3 Å². The van der Waals surface area contributed by atoms with Crippen LogP contribution in [0.1, 0.15) is 46.4 Å². The van der Waals surface area contributed by atoms with Gasteiger partial charge in [0.15, 0.2) is 0 Å². The summed E-state index contributed by atoms with van der Waals surface area (Å²) in [5.41, 5.74) is 2.53. The molecular weight excluding hydrogens is 380 g/mol. The number of benzene rings is 1. The molecule has 1 aromatic carbocycles. The third-order valence-corrected chi connectivity index (χ3v) is 5.01. The number of para-hydroxylation sites is 1. The van der Waals surface area contributed by atoms with E-state index in [1.165, 1.54) is 0 Å². The van der Waals surface area contributed by atoms with E-state index in [1.54, 1.807) is 35.5 Å². The van der Waals surface area contributed by atoms with E-state index in [4.69, 9.17) is 9.72 Å². The molecule has 0 spiro atoms. The van der Waals surface area contributed by atoms with Gasteiger partial charge in [0.05, 0.1) is 29.9 Å². The van der Waals surface area contributed by atoms with Crippen molar-refractivity contribution in [1.29, 1.82) is 0 Å². The highest BCUT2D eigenvalue weighted by atomic mass is 16.5. The summed E-state index contributed by atoms with van der Waals surface area (Å²) in [6.07, 6.45) is 2.81. The van der Waals surface area contributed by atoms with Gasteiger partial charge in [-0.05, 0) is 38.1 Å². The van der Waals surface area contributed by atoms with Crippen LogP contribution in [0.25, 0.3) is 10.9 Å². The first kappa shape index (κ1) is 20.0. The van der Waals surface area contributed by atoms with Crippen LogP contribution >= 0.6 is 0 Å². The molecule has 3 aromatic rings. The Morgan fingerprint density at radius 2 is 1.93 bits per heavy atom. The largest absolute Gasteiger partial charge is 0.368 e. The third kappa shape index (κ3) is 4.16. The lowest BCUT2D eigenvalue weighted by Crippen LogP contribution is -2.42. The summed E-state index contributed by atoms with van der Waals surface area (Å²) in [6, 6.07) is 12.8. The van der Waals surface area contributed by atoms with Gasteiger partial charge in [0.1, 0.15) is 6.10 Å². The Bertz CT molecular complexity index is 1070. The number of aromatic nitrogens is 2. The fraction of sp³-hybridized carbons (Fsp3) is 0.304. The number of ether oxygens (including phenoxy) is 1. The number of nitrogens with zero attached hydrogens (tertiary/aromatic N) is 3. The SMILES string of the molecule is CC(C)NC(=O)c1cc([C@@H]2CN(C(=O)c3ccncc3)CCO2)nc2ccccc12. The van der Waals surface area contributed by atoms with Gasteiger partial charge in [-0.25, -0.2) is 4.98 Å². The average molecular weight is 404 g/mol. The first-order valence-electron chi connectivity index (χ1n) is 10.0. The van der Waals surface area contributed by atoms with E-state index in [-0.39, 0.29) is 17.9 Å². The molecule has 0 bridgehead atoms. The number of nitrogens with one attached hydrogen (secondary N) is 1.